The second-order valence-electron chi connectivity index (χ2n) is 6.72. The first-order chi connectivity index (χ1) is 13.6. The van der Waals surface area contributed by atoms with Gasteiger partial charge in [-0.1, -0.05) is 24.8 Å². The molecular weight excluding hydrogens is 376 g/mol. The van der Waals surface area contributed by atoms with Gasteiger partial charge in [-0.3, -0.25) is 4.79 Å². The van der Waals surface area contributed by atoms with E-state index in [1.807, 2.05) is 18.2 Å². The van der Waals surface area contributed by atoms with Gasteiger partial charge in [0.15, 0.2) is 5.78 Å². The van der Waals surface area contributed by atoms with Crippen LogP contribution >= 0.6 is 11.8 Å². The number of rotatable bonds is 6. The maximum Gasteiger partial charge on any atom is 0.253 e. The highest BCUT2D eigenvalue weighted by Gasteiger charge is 2.30. The first-order valence-electron chi connectivity index (χ1n) is 9.27. The van der Waals surface area contributed by atoms with Crippen LogP contribution in [0.5, 0.6) is 11.5 Å². The van der Waals surface area contributed by atoms with Crippen molar-refractivity contribution < 1.29 is 14.3 Å². The molecule has 7 nitrogen and oxygen atoms in total. The Morgan fingerprint density at radius 3 is 2.82 bits per heavy atom. The normalized spacial score (nSPS) is 16.2. The van der Waals surface area contributed by atoms with Gasteiger partial charge in [0, 0.05) is 30.4 Å². The fourth-order valence-electron chi connectivity index (χ4n) is 3.49. The second-order valence-corrected chi connectivity index (χ2v) is 7.79. The number of thioether (sulfide) groups is 1. The molecule has 0 unspecified atom stereocenters. The first-order valence-corrected chi connectivity index (χ1v) is 10.3. The molecular formula is C20H22N4O3S. The number of ketones is 1. The molecule has 0 N–H and O–H groups in total. The summed E-state index contributed by atoms with van der Waals surface area (Å²) < 4.78 is 12.4. The van der Waals surface area contributed by atoms with Crippen molar-refractivity contribution in [2.24, 2.45) is 0 Å². The Balaban J connectivity index is 1.68. The highest BCUT2D eigenvalue weighted by atomic mass is 32.2. The van der Waals surface area contributed by atoms with Gasteiger partial charge in [-0.2, -0.15) is 4.98 Å². The molecule has 3 aromatic rings. The number of carbonyl (C=O) groups is 1. The summed E-state index contributed by atoms with van der Waals surface area (Å²) in [5, 5.41) is 5.13. The lowest BCUT2D eigenvalue weighted by molar-refractivity contribution is 0.0962. The van der Waals surface area contributed by atoms with Crippen LogP contribution in [-0.4, -0.2) is 45.3 Å². The SMILES string of the molecule is CCCSc1nc2nc3c(cn2n1)C(=O)C[C@H](c1ccc(OC)cc1OC)C3. The van der Waals surface area contributed by atoms with Crippen LogP contribution < -0.4 is 9.47 Å². The summed E-state index contributed by atoms with van der Waals surface area (Å²) in [7, 11) is 3.25. The van der Waals surface area contributed by atoms with Crippen LogP contribution in [0.25, 0.3) is 5.78 Å². The zero-order valence-electron chi connectivity index (χ0n) is 16.1. The molecule has 0 saturated carbocycles. The summed E-state index contributed by atoms with van der Waals surface area (Å²) in [4.78, 5) is 22.0. The summed E-state index contributed by atoms with van der Waals surface area (Å²) in [6.07, 6.45) is 3.89. The highest BCUT2D eigenvalue weighted by Crippen LogP contribution is 2.38. The van der Waals surface area contributed by atoms with Crippen LogP contribution in [0.4, 0.5) is 0 Å². The maximum absolute atomic E-state index is 12.8. The van der Waals surface area contributed by atoms with Gasteiger partial charge in [0.2, 0.25) is 5.16 Å². The average Bonchev–Trinajstić information content (AvgIpc) is 3.12. The molecule has 2 heterocycles. The van der Waals surface area contributed by atoms with E-state index in [1.54, 1.807) is 36.7 Å². The Kier molecular flexibility index (Phi) is 5.21. The van der Waals surface area contributed by atoms with Crippen LogP contribution in [0.15, 0.2) is 29.6 Å². The predicted molar refractivity (Wildman–Crippen MR) is 107 cm³/mol. The van der Waals surface area contributed by atoms with Crippen molar-refractivity contribution in [3.63, 3.8) is 0 Å². The minimum atomic E-state index is 0.00710. The molecule has 0 spiro atoms. The predicted octanol–water partition coefficient (Wildman–Crippen LogP) is 3.56. The number of methoxy groups -OCH3 is 2. The number of aromatic nitrogens is 4. The lowest BCUT2D eigenvalue weighted by Gasteiger charge is -2.24. The smallest absolute Gasteiger partial charge is 0.253 e. The quantitative estimate of drug-likeness (QED) is 0.588. The van der Waals surface area contributed by atoms with Crippen molar-refractivity contribution >= 4 is 23.3 Å². The van der Waals surface area contributed by atoms with Gasteiger partial charge in [0.05, 0.1) is 25.5 Å². The maximum atomic E-state index is 12.8. The molecule has 0 bridgehead atoms. The van der Waals surface area contributed by atoms with Gasteiger partial charge in [0.25, 0.3) is 5.78 Å². The van der Waals surface area contributed by atoms with E-state index in [4.69, 9.17) is 9.47 Å². The number of ether oxygens (including phenoxy) is 2. The highest BCUT2D eigenvalue weighted by molar-refractivity contribution is 7.99. The van der Waals surface area contributed by atoms with E-state index in [1.165, 1.54) is 0 Å². The van der Waals surface area contributed by atoms with Crippen molar-refractivity contribution in [3.05, 3.63) is 41.2 Å². The lowest BCUT2D eigenvalue weighted by atomic mass is 9.82. The summed E-state index contributed by atoms with van der Waals surface area (Å²) in [6, 6.07) is 5.71. The number of Topliss-reactive ketones (excluding diaryl/α,β-unsaturated/α-hetero) is 1. The van der Waals surface area contributed by atoms with E-state index < -0.39 is 0 Å². The zero-order valence-corrected chi connectivity index (χ0v) is 17.0. The standard InChI is InChI=1S/C20H22N4O3S/c1-4-7-28-20-22-19-21-16-8-12(9-17(25)15(16)11-24(19)23-20)14-6-5-13(26-2)10-18(14)27-3/h5-6,10-12H,4,7-9H2,1-3H3/t12-/m1/s1. The molecule has 0 fully saturated rings. The van der Waals surface area contributed by atoms with Crippen LogP contribution in [0, 0.1) is 0 Å². The minimum absolute atomic E-state index is 0.00710. The number of hydrogen-bond acceptors (Lipinski definition) is 7. The molecule has 8 heteroatoms. The molecule has 146 valence electrons. The molecule has 1 aliphatic carbocycles. The topological polar surface area (TPSA) is 78.6 Å². The van der Waals surface area contributed by atoms with Gasteiger partial charge < -0.3 is 9.47 Å². The van der Waals surface area contributed by atoms with Crippen molar-refractivity contribution in [2.75, 3.05) is 20.0 Å². The van der Waals surface area contributed by atoms with E-state index in [0.717, 1.165) is 34.9 Å². The Morgan fingerprint density at radius 1 is 1.21 bits per heavy atom. The van der Waals surface area contributed by atoms with E-state index in [0.29, 0.717) is 29.3 Å². The number of nitrogens with zero attached hydrogens (tertiary/aromatic N) is 4. The van der Waals surface area contributed by atoms with E-state index in [-0.39, 0.29) is 11.7 Å². The van der Waals surface area contributed by atoms with Crippen molar-refractivity contribution in [1.82, 2.24) is 19.6 Å². The molecule has 28 heavy (non-hydrogen) atoms. The van der Waals surface area contributed by atoms with Crippen molar-refractivity contribution in [2.45, 2.75) is 37.3 Å². The zero-order chi connectivity index (χ0) is 19.7. The monoisotopic (exact) mass is 398 g/mol. The Bertz CT molecular complexity index is 1030. The number of carbonyl (C=O) groups excluding carboxylic acids is 1. The Morgan fingerprint density at radius 2 is 2.07 bits per heavy atom. The van der Waals surface area contributed by atoms with Crippen LogP contribution in [-0.2, 0) is 6.42 Å². The number of benzene rings is 1. The third-order valence-electron chi connectivity index (χ3n) is 4.88. The number of fused-ring (bicyclic) bond motifs is 2. The summed E-state index contributed by atoms with van der Waals surface area (Å²) in [5.41, 5.74) is 2.39. The minimum Gasteiger partial charge on any atom is -0.497 e. The van der Waals surface area contributed by atoms with Crippen LogP contribution in [0.1, 0.15) is 47.3 Å². The van der Waals surface area contributed by atoms with Crippen LogP contribution in [0.2, 0.25) is 0 Å². The van der Waals surface area contributed by atoms with Gasteiger partial charge >= 0.3 is 0 Å². The van der Waals surface area contributed by atoms with Gasteiger partial charge in [-0.25, -0.2) is 9.50 Å². The summed E-state index contributed by atoms with van der Waals surface area (Å²) in [5.74, 6) is 3.01. The lowest BCUT2D eigenvalue weighted by Crippen LogP contribution is -2.21. The molecule has 1 aromatic carbocycles. The molecule has 1 atom stereocenters. The molecule has 1 aliphatic rings. The van der Waals surface area contributed by atoms with Gasteiger partial charge in [-0.15, -0.1) is 5.10 Å². The molecule has 2 aromatic heterocycles. The second kappa shape index (κ2) is 7.79. The number of hydrogen-bond donors (Lipinski definition) is 0. The molecule has 0 amide bonds. The largest absolute Gasteiger partial charge is 0.497 e. The Labute approximate surface area is 167 Å². The average molecular weight is 398 g/mol. The summed E-state index contributed by atoms with van der Waals surface area (Å²) >= 11 is 1.60. The third-order valence-corrected chi connectivity index (χ3v) is 5.92. The van der Waals surface area contributed by atoms with Crippen molar-refractivity contribution in [1.29, 1.82) is 0 Å². The fourth-order valence-corrected chi connectivity index (χ4v) is 4.17. The van der Waals surface area contributed by atoms with Crippen LogP contribution in [0.3, 0.4) is 0 Å². The third kappa shape index (κ3) is 3.44. The molecule has 0 aliphatic heterocycles. The molecule has 4 rings (SSSR count). The van der Waals surface area contributed by atoms with E-state index in [9.17, 15) is 4.79 Å². The fraction of sp³-hybridized carbons (Fsp3) is 0.400. The van der Waals surface area contributed by atoms with E-state index >= 15 is 0 Å². The molecule has 0 radical (unpaired) electrons. The first kappa shape index (κ1) is 18.7. The Hall–Kier alpha value is -2.61. The van der Waals surface area contributed by atoms with E-state index in [2.05, 4.69) is 22.0 Å². The van der Waals surface area contributed by atoms with Crippen molar-refractivity contribution in [3.8, 4) is 11.5 Å². The van der Waals surface area contributed by atoms with Gasteiger partial charge in [-0.05, 0) is 24.5 Å². The van der Waals surface area contributed by atoms with Gasteiger partial charge in [0.1, 0.15) is 11.5 Å². The summed E-state index contributed by atoms with van der Waals surface area (Å²) in [6.45, 7) is 2.12. The molecule has 0 saturated heterocycles.